The first kappa shape index (κ1) is 14.9. The molecule has 0 atom stereocenters. The third-order valence-corrected chi connectivity index (χ3v) is 2.50. The van der Waals surface area contributed by atoms with Gasteiger partial charge in [-0.05, 0) is 20.9 Å². The van der Waals surface area contributed by atoms with Crippen LogP contribution < -0.4 is 5.32 Å². The highest BCUT2D eigenvalue weighted by Gasteiger charge is 2.17. The van der Waals surface area contributed by atoms with Crippen LogP contribution in [0.5, 0.6) is 0 Å². The fraction of sp³-hybridized carbons (Fsp3) is 0.600. The number of nitrogens with one attached hydrogen (secondary N) is 2. The van der Waals surface area contributed by atoms with Crippen molar-refractivity contribution in [3.63, 3.8) is 0 Å². The fourth-order valence-corrected chi connectivity index (χ4v) is 1.26. The van der Waals surface area contributed by atoms with Gasteiger partial charge in [0.2, 0.25) is 0 Å². The number of nitrogens with zero attached hydrogens (tertiary/aromatic N) is 2. The van der Waals surface area contributed by atoms with Crippen LogP contribution in [0, 0.1) is 13.8 Å². The van der Waals surface area contributed by atoms with Crippen LogP contribution in [-0.4, -0.2) is 48.2 Å². The molecule has 0 fully saturated rings. The number of rotatable bonds is 4. The van der Waals surface area contributed by atoms with E-state index in [2.05, 4.69) is 15.5 Å². The largest absolute Gasteiger partial charge is 0.339 e. The van der Waals surface area contributed by atoms with Crippen molar-refractivity contribution in [2.75, 3.05) is 27.2 Å². The van der Waals surface area contributed by atoms with E-state index >= 15 is 0 Å². The third kappa shape index (κ3) is 3.21. The molecule has 0 aliphatic rings. The van der Waals surface area contributed by atoms with Crippen LogP contribution in [0.25, 0.3) is 0 Å². The predicted molar refractivity (Wildman–Crippen MR) is 66.2 cm³/mol. The lowest BCUT2D eigenvalue weighted by molar-refractivity contribution is 0.0790. The lowest BCUT2D eigenvalue weighted by Gasteiger charge is -2.15. The standard InChI is InChI=1S/C10H18N4O.ClH/c1-7-8(2)12-13-9(7)10(15)14(4)6-5-11-3;/h11H,5-6H2,1-4H3,(H,12,13);1H. The van der Waals surface area contributed by atoms with Gasteiger partial charge in [-0.15, -0.1) is 12.4 Å². The molecule has 5 nitrogen and oxygen atoms in total. The van der Waals surface area contributed by atoms with Crippen molar-refractivity contribution < 1.29 is 4.79 Å². The Morgan fingerprint density at radius 2 is 2.12 bits per heavy atom. The second kappa shape index (κ2) is 6.50. The van der Waals surface area contributed by atoms with Gasteiger partial charge in [0.1, 0.15) is 0 Å². The van der Waals surface area contributed by atoms with E-state index in [1.807, 2.05) is 20.9 Å². The number of halogens is 1. The van der Waals surface area contributed by atoms with Gasteiger partial charge in [-0.25, -0.2) is 0 Å². The zero-order chi connectivity index (χ0) is 11.4. The molecule has 0 spiro atoms. The molecule has 0 aliphatic carbocycles. The number of likely N-dealkylation sites (N-methyl/N-ethyl adjacent to an activating group) is 2. The summed E-state index contributed by atoms with van der Waals surface area (Å²) in [6.07, 6.45) is 0. The van der Waals surface area contributed by atoms with Crippen molar-refractivity contribution >= 4 is 18.3 Å². The predicted octanol–water partition coefficient (Wildman–Crippen LogP) is 0.740. The molecule has 1 heterocycles. The van der Waals surface area contributed by atoms with Crippen molar-refractivity contribution in [1.29, 1.82) is 0 Å². The van der Waals surface area contributed by atoms with E-state index in [-0.39, 0.29) is 18.3 Å². The maximum Gasteiger partial charge on any atom is 0.274 e. The molecule has 1 amide bonds. The minimum atomic E-state index is -0.0351. The molecular formula is C10H19ClN4O. The highest BCUT2D eigenvalue weighted by Crippen LogP contribution is 2.10. The van der Waals surface area contributed by atoms with Gasteiger partial charge in [-0.1, -0.05) is 0 Å². The van der Waals surface area contributed by atoms with E-state index in [0.29, 0.717) is 12.2 Å². The molecule has 0 aliphatic heterocycles. The molecule has 0 saturated heterocycles. The Labute approximate surface area is 102 Å². The van der Waals surface area contributed by atoms with E-state index in [4.69, 9.17) is 0 Å². The Balaban J connectivity index is 0.00000225. The highest BCUT2D eigenvalue weighted by atomic mass is 35.5. The Hall–Kier alpha value is -1.07. The number of aromatic nitrogens is 2. The van der Waals surface area contributed by atoms with E-state index in [0.717, 1.165) is 17.8 Å². The summed E-state index contributed by atoms with van der Waals surface area (Å²) in [5.41, 5.74) is 2.39. The molecule has 1 aromatic heterocycles. The first-order chi connectivity index (χ1) is 7.07. The van der Waals surface area contributed by atoms with Crippen molar-refractivity contribution in [1.82, 2.24) is 20.4 Å². The van der Waals surface area contributed by atoms with E-state index in [1.54, 1.807) is 11.9 Å². The number of hydrogen-bond acceptors (Lipinski definition) is 3. The molecule has 1 rings (SSSR count). The zero-order valence-electron chi connectivity index (χ0n) is 10.1. The van der Waals surface area contributed by atoms with Gasteiger partial charge >= 0.3 is 0 Å². The molecule has 1 aromatic rings. The SMILES string of the molecule is CNCCN(C)C(=O)c1n[nH]c(C)c1C.Cl. The summed E-state index contributed by atoms with van der Waals surface area (Å²) in [7, 11) is 3.64. The van der Waals surface area contributed by atoms with Crippen LogP contribution >= 0.6 is 12.4 Å². The summed E-state index contributed by atoms with van der Waals surface area (Å²) in [6.45, 7) is 5.27. The Kier molecular flexibility index (Phi) is 6.06. The quantitative estimate of drug-likeness (QED) is 0.824. The zero-order valence-corrected chi connectivity index (χ0v) is 10.9. The average molecular weight is 247 g/mol. The number of carbonyl (C=O) groups is 1. The number of hydrogen-bond donors (Lipinski definition) is 2. The van der Waals surface area contributed by atoms with Crippen LogP contribution in [0.3, 0.4) is 0 Å². The number of H-pyrrole nitrogens is 1. The van der Waals surface area contributed by atoms with Gasteiger partial charge in [-0.2, -0.15) is 5.10 Å². The number of aromatic amines is 1. The molecule has 0 unspecified atom stereocenters. The van der Waals surface area contributed by atoms with Crippen molar-refractivity contribution in [2.24, 2.45) is 0 Å². The molecule has 92 valence electrons. The second-order valence-corrected chi connectivity index (χ2v) is 3.65. The number of aryl methyl sites for hydroxylation is 1. The molecule has 6 heteroatoms. The summed E-state index contributed by atoms with van der Waals surface area (Å²) < 4.78 is 0. The molecule has 0 aromatic carbocycles. The summed E-state index contributed by atoms with van der Waals surface area (Å²) in [6, 6.07) is 0. The van der Waals surface area contributed by atoms with Gasteiger partial charge in [0, 0.05) is 31.4 Å². The Bertz CT molecular complexity index is 351. The fourth-order valence-electron chi connectivity index (χ4n) is 1.26. The summed E-state index contributed by atoms with van der Waals surface area (Å²) in [4.78, 5) is 13.6. The smallest absolute Gasteiger partial charge is 0.274 e. The Morgan fingerprint density at radius 1 is 1.50 bits per heavy atom. The van der Waals surface area contributed by atoms with Crippen molar-refractivity contribution in [3.05, 3.63) is 17.0 Å². The lowest BCUT2D eigenvalue weighted by atomic mass is 10.2. The van der Waals surface area contributed by atoms with Gasteiger partial charge in [0.15, 0.2) is 5.69 Å². The average Bonchev–Trinajstić information content (AvgIpc) is 2.55. The lowest BCUT2D eigenvalue weighted by Crippen LogP contribution is -2.33. The second-order valence-electron chi connectivity index (χ2n) is 3.65. The van der Waals surface area contributed by atoms with Crippen molar-refractivity contribution in [2.45, 2.75) is 13.8 Å². The van der Waals surface area contributed by atoms with E-state index in [1.165, 1.54) is 0 Å². The van der Waals surface area contributed by atoms with E-state index < -0.39 is 0 Å². The molecule has 0 saturated carbocycles. The maximum absolute atomic E-state index is 11.9. The topological polar surface area (TPSA) is 61.0 Å². The van der Waals surface area contributed by atoms with Gasteiger partial charge in [0.25, 0.3) is 5.91 Å². The van der Waals surface area contributed by atoms with Crippen LogP contribution in [0.2, 0.25) is 0 Å². The molecular weight excluding hydrogens is 228 g/mol. The summed E-state index contributed by atoms with van der Waals surface area (Å²) in [5, 5.41) is 9.83. The first-order valence-electron chi connectivity index (χ1n) is 4.99. The molecule has 16 heavy (non-hydrogen) atoms. The third-order valence-electron chi connectivity index (χ3n) is 2.50. The summed E-state index contributed by atoms with van der Waals surface area (Å²) >= 11 is 0. The minimum absolute atomic E-state index is 0. The maximum atomic E-state index is 11.9. The highest BCUT2D eigenvalue weighted by molar-refractivity contribution is 5.93. The van der Waals surface area contributed by atoms with Crippen molar-refractivity contribution in [3.8, 4) is 0 Å². The molecule has 2 N–H and O–H groups in total. The Morgan fingerprint density at radius 3 is 2.56 bits per heavy atom. The van der Waals surface area contributed by atoms with Gasteiger partial charge < -0.3 is 10.2 Å². The molecule has 0 bridgehead atoms. The minimum Gasteiger partial charge on any atom is -0.339 e. The van der Waals surface area contributed by atoms with Gasteiger partial charge in [0.05, 0.1) is 0 Å². The van der Waals surface area contributed by atoms with Crippen LogP contribution in [0.1, 0.15) is 21.7 Å². The van der Waals surface area contributed by atoms with Crippen LogP contribution in [-0.2, 0) is 0 Å². The van der Waals surface area contributed by atoms with Crippen LogP contribution in [0.4, 0.5) is 0 Å². The van der Waals surface area contributed by atoms with E-state index in [9.17, 15) is 4.79 Å². The molecule has 0 radical (unpaired) electrons. The number of amides is 1. The van der Waals surface area contributed by atoms with Gasteiger partial charge in [-0.3, -0.25) is 9.89 Å². The summed E-state index contributed by atoms with van der Waals surface area (Å²) in [5.74, 6) is -0.0351. The normalized spacial score (nSPS) is 9.75. The monoisotopic (exact) mass is 246 g/mol. The first-order valence-corrected chi connectivity index (χ1v) is 4.99. The number of carbonyl (C=O) groups excluding carboxylic acids is 1. The van der Waals surface area contributed by atoms with Crippen LogP contribution in [0.15, 0.2) is 0 Å².